The van der Waals surface area contributed by atoms with Crippen molar-refractivity contribution in [2.24, 2.45) is 5.92 Å². The second-order valence-corrected chi connectivity index (χ2v) is 8.22. The monoisotopic (exact) mass is 372 g/mol. The SMILES string of the molecule is CCC(CC)NC(=O)[C@H]1CCCN(C2CCN(Cc3ccncc3)CC2)C1. The van der Waals surface area contributed by atoms with Crippen LogP contribution in [0.3, 0.4) is 0 Å². The minimum atomic E-state index is 0.175. The standard InChI is InChI=1S/C22H36N4O/c1-3-20(4-2)24-22(27)19-6-5-13-26(17-19)21-9-14-25(15-10-21)16-18-7-11-23-12-8-18/h7-8,11-12,19-21H,3-6,9-10,13-17H2,1-2H3,(H,24,27)/t19-/m0/s1. The van der Waals surface area contributed by atoms with E-state index in [2.05, 4.69) is 46.1 Å². The number of hydrogen-bond donors (Lipinski definition) is 1. The highest BCUT2D eigenvalue weighted by atomic mass is 16.2. The van der Waals surface area contributed by atoms with Crippen molar-refractivity contribution < 1.29 is 4.79 Å². The lowest BCUT2D eigenvalue weighted by Crippen LogP contribution is -2.51. The van der Waals surface area contributed by atoms with Crippen LogP contribution < -0.4 is 5.32 Å². The number of nitrogens with zero attached hydrogens (tertiary/aromatic N) is 3. The van der Waals surface area contributed by atoms with E-state index in [1.807, 2.05) is 12.4 Å². The van der Waals surface area contributed by atoms with Crippen LogP contribution in [0.1, 0.15) is 57.9 Å². The first-order chi connectivity index (χ1) is 13.2. The fourth-order valence-corrected chi connectivity index (χ4v) is 4.55. The number of amides is 1. The Hall–Kier alpha value is -1.46. The number of piperidine rings is 2. The fraction of sp³-hybridized carbons (Fsp3) is 0.727. The molecule has 1 aromatic heterocycles. The van der Waals surface area contributed by atoms with Crippen LogP contribution in [0.5, 0.6) is 0 Å². The third kappa shape index (κ3) is 5.76. The normalized spacial score (nSPS) is 22.9. The van der Waals surface area contributed by atoms with E-state index in [-0.39, 0.29) is 11.8 Å². The molecule has 1 aromatic rings. The molecule has 1 amide bonds. The second kappa shape index (κ2) is 10.2. The van der Waals surface area contributed by atoms with Gasteiger partial charge in [-0.25, -0.2) is 0 Å². The maximum Gasteiger partial charge on any atom is 0.224 e. The third-order valence-corrected chi connectivity index (χ3v) is 6.38. The van der Waals surface area contributed by atoms with E-state index in [0.29, 0.717) is 12.1 Å². The summed E-state index contributed by atoms with van der Waals surface area (Å²) in [6.45, 7) is 9.73. The van der Waals surface area contributed by atoms with Gasteiger partial charge in [0.1, 0.15) is 0 Å². The largest absolute Gasteiger partial charge is 0.353 e. The lowest BCUT2D eigenvalue weighted by atomic mass is 9.92. The molecule has 0 bridgehead atoms. The summed E-state index contributed by atoms with van der Waals surface area (Å²) in [5, 5.41) is 3.26. The topological polar surface area (TPSA) is 48.5 Å². The Balaban J connectivity index is 1.46. The highest BCUT2D eigenvalue weighted by Crippen LogP contribution is 2.25. The first-order valence-corrected chi connectivity index (χ1v) is 10.8. The Morgan fingerprint density at radius 1 is 1.15 bits per heavy atom. The third-order valence-electron chi connectivity index (χ3n) is 6.38. The van der Waals surface area contributed by atoms with Gasteiger partial charge in [0.2, 0.25) is 5.91 Å². The van der Waals surface area contributed by atoms with Crippen LogP contribution in [0.25, 0.3) is 0 Å². The van der Waals surface area contributed by atoms with Gasteiger partial charge >= 0.3 is 0 Å². The molecule has 2 aliphatic heterocycles. The molecule has 1 atom stereocenters. The minimum absolute atomic E-state index is 0.175. The van der Waals surface area contributed by atoms with Crippen LogP contribution in [0.2, 0.25) is 0 Å². The van der Waals surface area contributed by atoms with E-state index in [9.17, 15) is 4.79 Å². The Labute approximate surface area is 164 Å². The summed E-state index contributed by atoms with van der Waals surface area (Å²) in [5.41, 5.74) is 1.35. The Morgan fingerprint density at radius 3 is 2.52 bits per heavy atom. The summed E-state index contributed by atoms with van der Waals surface area (Å²) in [6, 6.07) is 5.20. The molecular weight excluding hydrogens is 336 g/mol. The summed E-state index contributed by atoms with van der Waals surface area (Å²) < 4.78 is 0. The molecule has 150 valence electrons. The number of nitrogens with one attached hydrogen (secondary N) is 1. The molecule has 0 unspecified atom stereocenters. The molecule has 2 fully saturated rings. The Morgan fingerprint density at radius 2 is 1.85 bits per heavy atom. The lowest BCUT2D eigenvalue weighted by Gasteiger charge is -2.42. The van der Waals surface area contributed by atoms with Gasteiger partial charge in [0.25, 0.3) is 0 Å². The number of carbonyl (C=O) groups is 1. The maximum atomic E-state index is 12.7. The number of pyridine rings is 1. The zero-order chi connectivity index (χ0) is 19.1. The number of likely N-dealkylation sites (tertiary alicyclic amines) is 2. The van der Waals surface area contributed by atoms with Crippen molar-refractivity contribution in [2.75, 3.05) is 26.2 Å². The van der Waals surface area contributed by atoms with Gasteiger partial charge in [-0.15, -0.1) is 0 Å². The van der Waals surface area contributed by atoms with E-state index in [0.717, 1.165) is 58.4 Å². The highest BCUT2D eigenvalue weighted by molar-refractivity contribution is 5.79. The molecule has 5 heteroatoms. The van der Waals surface area contributed by atoms with Gasteiger partial charge < -0.3 is 5.32 Å². The molecule has 0 spiro atoms. The molecule has 1 N–H and O–H groups in total. The second-order valence-electron chi connectivity index (χ2n) is 8.22. The average Bonchev–Trinajstić information content (AvgIpc) is 2.73. The van der Waals surface area contributed by atoms with Crippen molar-refractivity contribution in [2.45, 2.75) is 71.0 Å². The van der Waals surface area contributed by atoms with E-state index in [1.54, 1.807) is 0 Å². The summed E-state index contributed by atoms with van der Waals surface area (Å²) >= 11 is 0. The van der Waals surface area contributed by atoms with Gasteiger partial charge in [0, 0.05) is 37.6 Å². The zero-order valence-corrected chi connectivity index (χ0v) is 17.1. The quantitative estimate of drug-likeness (QED) is 0.799. The van der Waals surface area contributed by atoms with Gasteiger partial charge in [-0.3, -0.25) is 19.6 Å². The number of hydrogen-bond acceptors (Lipinski definition) is 4. The molecule has 0 saturated carbocycles. The first-order valence-electron chi connectivity index (χ1n) is 10.8. The molecule has 3 rings (SSSR count). The van der Waals surface area contributed by atoms with E-state index < -0.39 is 0 Å². The molecule has 5 nitrogen and oxygen atoms in total. The molecular formula is C22H36N4O. The summed E-state index contributed by atoms with van der Waals surface area (Å²) in [4.78, 5) is 21.9. The van der Waals surface area contributed by atoms with Gasteiger partial charge in [-0.2, -0.15) is 0 Å². The summed E-state index contributed by atoms with van der Waals surface area (Å²) in [7, 11) is 0. The van der Waals surface area contributed by atoms with Crippen LogP contribution in [-0.2, 0) is 11.3 Å². The molecule has 0 aliphatic carbocycles. The van der Waals surface area contributed by atoms with Gasteiger partial charge in [-0.1, -0.05) is 13.8 Å². The van der Waals surface area contributed by atoms with Crippen molar-refractivity contribution >= 4 is 5.91 Å². The molecule has 0 aromatic carbocycles. The van der Waals surface area contributed by atoms with Crippen molar-refractivity contribution in [1.82, 2.24) is 20.1 Å². The van der Waals surface area contributed by atoms with Crippen LogP contribution in [0.4, 0.5) is 0 Å². The Kier molecular flexibility index (Phi) is 7.65. The lowest BCUT2D eigenvalue weighted by molar-refractivity contribution is -0.128. The van der Waals surface area contributed by atoms with E-state index >= 15 is 0 Å². The minimum Gasteiger partial charge on any atom is -0.353 e. The van der Waals surface area contributed by atoms with Crippen LogP contribution in [0, 0.1) is 5.92 Å². The van der Waals surface area contributed by atoms with E-state index in [1.165, 1.54) is 18.4 Å². The average molecular weight is 373 g/mol. The van der Waals surface area contributed by atoms with Crippen molar-refractivity contribution in [3.8, 4) is 0 Å². The van der Waals surface area contributed by atoms with E-state index in [4.69, 9.17) is 0 Å². The number of aromatic nitrogens is 1. The number of carbonyl (C=O) groups excluding carboxylic acids is 1. The van der Waals surface area contributed by atoms with Crippen LogP contribution in [-0.4, -0.2) is 59.0 Å². The maximum absolute atomic E-state index is 12.7. The number of rotatable bonds is 7. The van der Waals surface area contributed by atoms with Gasteiger partial charge in [0.05, 0.1) is 5.92 Å². The molecule has 0 radical (unpaired) electrons. The highest BCUT2D eigenvalue weighted by Gasteiger charge is 2.32. The zero-order valence-electron chi connectivity index (χ0n) is 17.1. The fourth-order valence-electron chi connectivity index (χ4n) is 4.55. The smallest absolute Gasteiger partial charge is 0.224 e. The first kappa shape index (κ1) is 20.3. The molecule has 2 aliphatic rings. The predicted octanol–water partition coefficient (Wildman–Crippen LogP) is 3.06. The van der Waals surface area contributed by atoms with Crippen molar-refractivity contribution in [3.63, 3.8) is 0 Å². The molecule has 2 saturated heterocycles. The van der Waals surface area contributed by atoms with Crippen LogP contribution >= 0.6 is 0 Å². The van der Waals surface area contributed by atoms with Crippen molar-refractivity contribution in [1.29, 1.82) is 0 Å². The predicted molar refractivity (Wildman–Crippen MR) is 109 cm³/mol. The molecule has 27 heavy (non-hydrogen) atoms. The summed E-state index contributed by atoms with van der Waals surface area (Å²) in [6.07, 6.45) is 10.4. The summed E-state index contributed by atoms with van der Waals surface area (Å²) in [5.74, 6) is 0.456. The van der Waals surface area contributed by atoms with Crippen molar-refractivity contribution in [3.05, 3.63) is 30.1 Å². The molecule has 3 heterocycles. The van der Waals surface area contributed by atoms with Gasteiger partial charge in [0.15, 0.2) is 0 Å². The van der Waals surface area contributed by atoms with Gasteiger partial charge in [-0.05, 0) is 75.9 Å². The van der Waals surface area contributed by atoms with Crippen LogP contribution in [0.15, 0.2) is 24.5 Å². The Bertz CT molecular complexity index is 567.